The molecule has 1 amide bonds. The second kappa shape index (κ2) is 9.28. The Morgan fingerprint density at radius 1 is 1.12 bits per heavy atom. The van der Waals surface area contributed by atoms with Gasteiger partial charge in [0.15, 0.2) is 16.7 Å². The number of nitrogens with zero attached hydrogens (tertiary/aromatic N) is 3. The number of aromatic nitrogens is 2. The molecule has 33 heavy (non-hydrogen) atoms. The fourth-order valence-electron chi connectivity index (χ4n) is 3.53. The van der Waals surface area contributed by atoms with Crippen LogP contribution >= 0.6 is 11.8 Å². The van der Waals surface area contributed by atoms with E-state index in [1.54, 1.807) is 37.3 Å². The van der Waals surface area contributed by atoms with E-state index in [9.17, 15) is 13.2 Å². The number of benzene rings is 2. The standard InChI is InChI=1S/C22H22N4O5S2/c1-4-26-16-8-6-5-7-15(16)21-19(33(26,28)29)12-23-22(25-21)32-13-20(27)24-14-9-10-17(30-2)18(11-14)31-3/h5-12H,4,13H2,1-3H3,(H,24,27). The highest BCUT2D eigenvalue weighted by atomic mass is 32.2. The lowest BCUT2D eigenvalue weighted by Gasteiger charge is -2.30. The summed E-state index contributed by atoms with van der Waals surface area (Å²) in [5.41, 5.74) is 2.19. The molecular weight excluding hydrogens is 464 g/mol. The van der Waals surface area contributed by atoms with Crippen LogP contribution in [0.1, 0.15) is 6.92 Å². The molecule has 0 bridgehead atoms. The first-order chi connectivity index (χ1) is 15.9. The number of para-hydroxylation sites is 1. The number of rotatable bonds is 7. The summed E-state index contributed by atoms with van der Waals surface area (Å²) < 4.78 is 37.9. The summed E-state index contributed by atoms with van der Waals surface area (Å²) in [5, 5.41) is 3.10. The Labute approximate surface area is 196 Å². The van der Waals surface area contributed by atoms with E-state index in [0.717, 1.165) is 11.8 Å². The van der Waals surface area contributed by atoms with Gasteiger partial charge in [-0.1, -0.05) is 30.0 Å². The van der Waals surface area contributed by atoms with Gasteiger partial charge in [-0.2, -0.15) is 0 Å². The molecule has 0 unspecified atom stereocenters. The molecule has 3 aromatic rings. The lowest BCUT2D eigenvalue weighted by atomic mass is 10.1. The maximum absolute atomic E-state index is 13.0. The van der Waals surface area contributed by atoms with Crippen molar-refractivity contribution in [2.75, 3.05) is 36.1 Å². The van der Waals surface area contributed by atoms with Crippen LogP contribution in [0.25, 0.3) is 11.3 Å². The van der Waals surface area contributed by atoms with Crippen LogP contribution in [-0.2, 0) is 14.8 Å². The molecule has 0 atom stereocenters. The Hall–Kier alpha value is -3.31. The highest BCUT2D eigenvalue weighted by molar-refractivity contribution is 7.99. The second-order valence-corrected chi connectivity index (χ2v) is 9.73. The van der Waals surface area contributed by atoms with Crippen molar-refractivity contribution in [3.05, 3.63) is 48.7 Å². The third-order valence-electron chi connectivity index (χ3n) is 5.02. The minimum atomic E-state index is -3.75. The zero-order valence-electron chi connectivity index (χ0n) is 18.2. The normalized spacial score (nSPS) is 13.6. The van der Waals surface area contributed by atoms with Gasteiger partial charge >= 0.3 is 0 Å². The molecule has 11 heteroatoms. The number of fused-ring (bicyclic) bond motifs is 3. The number of anilines is 2. The number of carbonyl (C=O) groups excluding carboxylic acids is 1. The molecule has 0 fully saturated rings. The molecule has 0 saturated carbocycles. The Bertz CT molecular complexity index is 1310. The van der Waals surface area contributed by atoms with Crippen molar-refractivity contribution in [2.24, 2.45) is 0 Å². The lowest BCUT2D eigenvalue weighted by Crippen LogP contribution is -2.34. The topological polar surface area (TPSA) is 111 Å². The van der Waals surface area contributed by atoms with Crippen molar-refractivity contribution < 1.29 is 22.7 Å². The van der Waals surface area contributed by atoms with Gasteiger partial charge in [-0.3, -0.25) is 9.10 Å². The summed E-state index contributed by atoms with van der Waals surface area (Å²) in [4.78, 5) is 21.2. The van der Waals surface area contributed by atoms with E-state index in [2.05, 4.69) is 15.3 Å². The van der Waals surface area contributed by atoms with Gasteiger partial charge in [-0.05, 0) is 25.1 Å². The Kier molecular flexibility index (Phi) is 6.43. The van der Waals surface area contributed by atoms with Gasteiger partial charge in [-0.15, -0.1) is 0 Å². The number of nitrogens with one attached hydrogen (secondary N) is 1. The molecule has 4 rings (SSSR count). The maximum atomic E-state index is 13.0. The summed E-state index contributed by atoms with van der Waals surface area (Å²) in [6, 6.07) is 12.3. The number of hydrogen-bond donors (Lipinski definition) is 1. The third kappa shape index (κ3) is 4.33. The first-order valence-electron chi connectivity index (χ1n) is 10.0. The lowest BCUT2D eigenvalue weighted by molar-refractivity contribution is -0.113. The molecule has 0 radical (unpaired) electrons. The molecular formula is C22H22N4O5S2. The predicted molar refractivity (Wildman–Crippen MR) is 127 cm³/mol. The fraction of sp³-hybridized carbons (Fsp3) is 0.227. The molecule has 9 nitrogen and oxygen atoms in total. The zero-order valence-corrected chi connectivity index (χ0v) is 19.9. The minimum Gasteiger partial charge on any atom is -0.493 e. The van der Waals surface area contributed by atoms with Gasteiger partial charge < -0.3 is 14.8 Å². The van der Waals surface area contributed by atoms with E-state index in [4.69, 9.17) is 9.47 Å². The molecule has 0 aliphatic carbocycles. The molecule has 1 aliphatic heterocycles. The molecule has 0 saturated heterocycles. The minimum absolute atomic E-state index is 0.0443. The Morgan fingerprint density at radius 3 is 2.61 bits per heavy atom. The van der Waals surface area contributed by atoms with Gasteiger partial charge in [0, 0.05) is 23.9 Å². The third-order valence-corrected chi connectivity index (χ3v) is 7.77. The van der Waals surface area contributed by atoms with Crippen LogP contribution in [-0.4, -0.2) is 50.8 Å². The number of hydrogen-bond acceptors (Lipinski definition) is 8. The molecule has 1 aliphatic rings. The van der Waals surface area contributed by atoms with Gasteiger partial charge in [0.25, 0.3) is 10.0 Å². The van der Waals surface area contributed by atoms with E-state index in [1.807, 2.05) is 12.1 Å². The van der Waals surface area contributed by atoms with Crippen molar-refractivity contribution >= 4 is 39.1 Å². The highest BCUT2D eigenvalue weighted by Gasteiger charge is 2.35. The van der Waals surface area contributed by atoms with Crippen LogP contribution in [0.5, 0.6) is 11.5 Å². The number of sulfonamides is 1. The first kappa shape index (κ1) is 22.9. The van der Waals surface area contributed by atoms with Gasteiger partial charge in [0.05, 0.1) is 37.6 Å². The molecule has 2 heterocycles. The van der Waals surface area contributed by atoms with Crippen molar-refractivity contribution in [1.29, 1.82) is 0 Å². The number of methoxy groups -OCH3 is 2. The maximum Gasteiger partial charge on any atom is 0.268 e. The average Bonchev–Trinajstić information content (AvgIpc) is 2.82. The SMILES string of the molecule is CCN1c2ccccc2-c2nc(SCC(=O)Nc3ccc(OC)c(OC)c3)ncc2S1(=O)=O. The molecule has 172 valence electrons. The second-order valence-electron chi connectivity index (χ2n) is 6.96. The van der Waals surface area contributed by atoms with Crippen molar-refractivity contribution in [2.45, 2.75) is 17.0 Å². The van der Waals surface area contributed by atoms with E-state index in [1.165, 1.54) is 24.7 Å². The van der Waals surface area contributed by atoms with Crippen molar-refractivity contribution in [1.82, 2.24) is 9.97 Å². The van der Waals surface area contributed by atoms with Gasteiger partial charge in [0.2, 0.25) is 5.91 Å². The van der Waals surface area contributed by atoms with Crippen LogP contribution < -0.4 is 19.1 Å². The summed E-state index contributed by atoms with van der Waals surface area (Å²) in [6.45, 7) is 2.08. The Balaban J connectivity index is 1.53. The van der Waals surface area contributed by atoms with Crippen LogP contribution in [0.2, 0.25) is 0 Å². The molecule has 1 N–H and O–H groups in total. The van der Waals surface area contributed by atoms with Crippen LogP contribution in [0, 0.1) is 0 Å². The van der Waals surface area contributed by atoms with E-state index < -0.39 is 10.0 Å². The average molecular weight is 487 g/mol. The van der Waals surface area contributed by atoms with Gasteiger partial charge in [-0.25, -0.2) is 18.4 Å². The largest absolute Gasteiger partial charge is 0.493 e. The fourth-order valence-corrected chi connectivity index (χ4v) is 5.72. The quantitative estimate of drug-likeness (QED) is 0.400. The smallest absolute Gasteiger partial charge is 0.268 e. The van der Waals surface area contributed by atoms with Crippen molar-refractivity contribution in [3.63, 3.8) is 0 Å². The van der Waals surface area contributed by atoms with Crippen molar-refractivity contribution in [3.8, 4) is 22.8 Å². The monoisotopic (exact) mass is 486 g/mol. The predicted octanol–water partition coefficient (Wildman–Crippen LogP) is 3.42. The number of amides is 1. The summed E-state index contributed by atoms with van der Waals surface area (Å²) >= 11 is 1.12. The van der Waals surface area contributed by atoms with Crippen LogP contribution in [0.15, 0.2) is 58.7 Å². The summed E-state index contributed by atoms with van der Waals surface area (Å²) in [6.07, 6.45) is 1.31. The highest BCUT2D eigenvalue weighted by Crippen LogP contribution is 2.41. The number of ether oxygens (including phenoxy) is 2. The van der Waals surface area contributed by atoms with Gasteiger partial charge in [0.1, 0.15) is 4.90 Å². The van der Waals surface area contributed by atoms with Crippen LogP contribution in [0.4, 0.5) is 11.4 Å². The zero-order chi connectivity index (χ0) is 23.6. The molecule has 1 aromatic heterocycles. The summed E-state index contributed by atoms with van der Waals surface area (Å²) in [7, 11) is -0.695. The first-order valence-corrected chi connectivity index (χ1v) is 12.5. The van der Waals surface area contributed by atoms with E-state index >= 15 is 0 Å². The van der Waals surface area contributed by atoms with Crippen LogP contribution in [0.3, 0.4) is 0 Å². The van der Waals surface area contributed by atoms with E-state index in [0.29, 0.717) is 45.8 Å². The Morgan fingerprint density at radius 2 is 1.88 bits per heavy atom. The number of carbonyl (C=O) groups is 1. The molecule has 2 aromatic carbocycles. The molecule has 0 spiro atoms. The number of thioether (sulfide) groups is 1. The van der Waals surface area contributed by atoms with E-state index in [-0.39, 0.29) is 16.6 Å². The summed E-state index contributed by atoms with van der Waals surface area (Å²) in [5.74, 6) is 0.840.